The van der Waals surface area contributed by atoms with Crippen molar-refractivity contribution in [3.63, 3.8) is 0 Å². The summed E-state index contributed by atoms with van der Waals surface area (Å²) < 4.78 is 0. The second kappa shape index (κ2) is 7.37. The van der Waals surface area contributed by atoms with E-state index in [1.807, 2.05) is 0 Å². The van der Waals surface area contributed by atoms with Gasteiger partial charge < -0.3 is 5.11 Å². The molecule has 5 heteroatoms. The molecule has 1 aromatic rings. The fourth-order valence-corrected chi connectivity index (χ4v) is 3.39. The van der Waals surface area contributed by atoms with Gasteiger partial charge in [0.1, 0.15) is 5.75 Å². The number of aromatic hydroxyl groups is 1. The lowest BCUT2D eigenvalue weighted by Gasteiger charge is -2.17. The molecule has 0 aliphatic heterocycles. The molecule has 0 amide bonds. The number of hydrogen-bond donors (Lipinski definition) is 4. The maximum atomic E-state index is 10.3. The van der Waals surface area contributed by atoms with Gasteiger partial charge in [-0.3, -0.25) is 0 Å². The Labute approximate surface area is 121 Å². The molecule has 0 aliphatic carbocycles. The van der Waals surface area contributed by atoms with Crippen LogP contribution in [-0.2, 0) is 12.8 Å². The summed E-state index contributed by atoms with van der Waals surface area (Å²) in [6, 6.07) is 1.50. The minimum absolute atomic E-state index is 0.201. The van der Waals surface area contributed by atoms with Crippen LogP contribution in [-0.4, -0.2) is 19.8 Å². The van der Waals surface area contributed by atoms with Gasteiger partial charge in [0.05, 0.1) is 0 Å². The molecule has 0 aliphatic rings. The zero-order valence-corrected chi connectivity index (χ0v) is 13.5. The van der Waals surface area contributed by atoms with E-state index in [1.54, 1.807) is 6.92 Å². The molecule has 0 aromatic heterocycles. The summed E-state index contributed by atoms with van der Waals surface area (Å²) in [7, 11) is -4.06. The lowest BCUT2D eigenvalue weighted by atomic mass is 9.94. The number of aryl methyl sites for hydroxylation is 1. The van der Waals surface area contributed by atoms with Crippen LogP contribution in [0.25, 0.3) is 0 Å². The fourth-order valence-electron chi connectivity index (χ4n) is 2.42. The van der Waals surface area contributed by atoms with Gasteiger partial charge in [0.25, 0.3) is 0 Å². The van der Waals surface area contributed by atoms with Crippen LogP contribution in [0.5, 0.6) is 5.75 Å². The van der Waals surface area contributed by atoms with E-state index in [2.05, 4.69) is 13.8 Å². The lowest BCUT2D eigenvalue weighted by molar-refractivity contribution is 0.346. The topological polar surface area (TPSA) is 80.9 Å². The molecule has 4 N–H and O–H groups in total. The van der Waals surface area contributed by atoms with Crippen LogP contribution in [0.2, 0.25) is 0 Å². The molecule has 1 rings (SSSR count). The third-order valence-corrected chi connectivity index (χ3v) is 4.62. The molecule has 4 nitrogen and oxygen atoms in total. The first-order valence-corrected chi connectivity index (χ1v) is 8.89. The molecule has 20 heavy (non-hydrogen) atoms. The summed E-state index contributed by atoms with van der Waals surface area (Å²) in [5.41, 5.74) is 2.05. The number of hydrogen-bond acceptors (Lipinski definition) is 4. The van der Waals surface area contributed by atoms with E-state index in [1.165, 1.54) is 6.07 Å². The van der Waals surface area contributed by atoms with Gasteiger partial charge in [-0.25, -0.2) is 0 Å². The van der Waals surface area contributed by atoms with Gasteiger partial charge >= 0.3 is 7.94 Å². The summed E-state index contributed by atoms with van der Waals surface area (Å²) in [6.45, 7) is 5.84. The van der Waals surface area contributed by atoms with Crippen molar-refractivity contribution in [3.8, 4) is 5.75 Å². The van der Waals surface area contributed by atoms with Crippen molar-refractivity contribution in [2.24, 2.45) is 0 Å². The van der Waals surface area contributed by atoms with Gasteiger partial charge in [-0.05, 0) is 44.2 Å². The van der Waals surface area contributed by atoms with Crippen molar-refractivity contribution in [2.45, 2.75) is 59.3 Å². The molecule has 0 bridgehead atoms. The number of phenolic OH excluding ortho intramolecular Hbond substituents is 1. The van der Waals surface area contributed by atoms with E-state index in [9.17, 15) is 19.8 Å². The Morgan fingerprint density at radius 3 is 1.90 bits per heavy atom. The number of phenols is 1. The Bertz CT molecular complexity index is 452. The third-order valence-electron chi connectivity index (χ3n) is 3.57. The van der Waals surface area contributed by atoms with Crippen LogP contribution in [0.15, 0.2) is 6.07 Å². The molecular formula is C15H26O4P+. The molecule has 114 valence electrons. The first-order valence-electron chi connectivity index (χ1n) is 7.25. The average Bonchev–Trinajstić information content (AvgIpc) is 2.37. The average molecular weight is 301 g/mol. The van der Waals surface area contributed by atoms with E-state index >= 15 is 0 Å². The monoisotopic (exact) mass is 301 g/mol. The highest BCUT2D eigenvalue weighted by molar-refractivity contribution is 7.66. The Kier molecular flexibility index (Phi) is 6.41. The van der Waals surface area contributed by atoms with Crippen LogP contribution >= 0.6 is 7.94 Å². The molecule has 0 atom stereocenters. The van der Waals surface area contributed by atoms with Gasteiger partial charge in [-0.2, -0.15) is 14.7 Å². The normalized spacial score (nSPS) is 11.9. The Balaban J connectivity index is 3.39. The molecule has 0 saturated heterocycles. The van der Waals surface area contributed by atoms with Crippen LogP contribution < -0.4 is 5.30 Å². The summed E-state index contributed by atoms with van der Waals surface area (Å²) in [6.07, 6.45) is 5.10. The maximum absolute atomic E-state index is 10.3. The van der Waals surface area contributed by atoms with Crippen LogP contribution in [0.3, 0.4) is 0 Å². The second-order valence-electron chi connectivity index (χ2n) is 5.29. The number of unbranched alkanes of at least 4 members (excludes halogenated alkanes) is 2. The Hall–Kier alpha value is -0.670. The standard InChI is InChI=1S/C15H25O4P/c1-4-6-8-12-13(9-7-5-2)15(16)11(3)10-14(12)20(17,18)19/h10,17-19H,4-9H2,1-3H3/p+1. The summed E-state index contributed by atoms with van der Waals surface area (Å²) in [5.74, 6) is 0.224. The van der Waals surface area contributed by atoms with Gasteiger partial charge in [0.2, 0.25) is 0 Å². The first-order chi connectivity index (χ1) is 9.32. The zero-order valence-electron chi connectivity index (χ0n) is 12.6. The summed E-state index contributed by atoms with van der Waals surface area (Å²) >= 11 is 0. The zero-order chi connectivity index (χ0) is 15.3. The molecule has 0 radical (unpaired) electrons. The smallest absolute Gasteiger partial charge is 0.441 e. The highest BCUT2D eigenvalue weighted by Crippen LogP contribution is 2.46. The predicted molar refractivity (Wildman–Crippen MR) is 83.3 cm³/mol. The number of rotatable bonds is 7. The van der Waals surface area contributed by atoms with Crippen LogP contribution in [0, 0.1) is 6.92 Å². The second-order valence-corrected chi connectivity index (χ2v) is 6.91. The Morgan fingerprint density at radius 2 is 1.45 bits per heavy atom. The summed E-state index contributed by atoms with van der Waals surface area (Å²) in [5, 5.41) is 10.5. The van der Waals surface area contributed by atoms with Crippen molar-refractivity contribution < 1.29 is 19.8 Å². The molecule has 0 heterocycles. The number of benzene rings is 1. The minimum Gasteiger partial charge on any atom is -0.507 e. The molecule has 0 spiro atoms. The van der Waals surface area contributed by atoms with Crippen molar-refractivity contribution in [2.75, 3.05) is 0 Å². The SMILES string of the molecule is CCCCc1c([P+](O)(O)O)cc(C)c(O)c1CCCC. The van der Waals surface area contributed by atoms with E-state index in [-0.39, 0.29) is 11.1 Å². The maximum Gasteiger partial charge on any atom is 0.441 e. The van der Waals surface area contributed by atoms with Crippen molar-refractivity contribution >= 4 is 13.2 Å². The van der Waals surface area contributed by atoms with Crippen LogP contribution in [0.1, 0.15) is 56.2 Å². The van der Waals surface area contributed by atoms with Crippen molar-refractivity contribution in [1.29, 1.82) is 0 Å². The van der Waals surface area contributed by atoms with Crippen LogP contribution in [0.4, 0.5) is 0 Å². The minimum atomic E-state index is -4.06. The summed E-state index contributed by atoms with van der Waals surface area (Å²) in [4.78, 5) is 29.0. The predicted octanol–water partition coefficient (Wildman–Crippen LogP) is 2.75. The van der Waals surface area contributed by atoms with E-state index < -0.39 is 7.94 Å². The highest BCUT2D eigenvalue weighted by Gasteiger charge is 2.38. The van der Waals surface area contributed by atoms with Gasteiger partial charge in [0.15, 0.2) is 5.30 Å². The van der Waals surface area contributed by atoms with E-state index in [4.69, 9.17) is 0 Å². The van der Waals surface area contributed by atoms with E-state index in [0.29, 0.717) is 24.0 Å². The molecule has 1 aromatic carbocycles. The van der Waals surface area contributed by atoms with Gasteiger partial charge in [-0.1, -0.05) is 26.7 Å². The third kappa shape index (κ3) is 4.16. The molecule has 0 saturated carbocycles. The molecular weight excluding hydrogens is 275 g/mol. The van der Waals surface area contributed by atoms with Crippen molar-refractivity contribution in [3.05, 3.63) is 22.8 Å². The van der Waals surface area contributed by atoms with E-state index in [0.717, 1.165) is 31.2 Å². The molecule has 0 unspecified atom stereocenters. The fraction of sp³-hybridized carbons (Fsp3) is 0.600. The van der Waals surface area contributed by atoms with Crippen molar-refractivity contribution in [1.82, 2.24) is 0 Å². The van der Waals surface area contributed by atoms with Gasteiger partial charge in [-0.15, -0.1) is 0 Å². The highest BCUT2D eigenvalue weighted by atomic mass is 31.2. The molecule has 0 fully saturated rings. The largest absolute Gasteiger partial charge is 0.507 e. The first kappa shape index (κ1) is 17.4. The lowest BCUT2D eigenvalue weighted by Crippen LogP contribution is -2.19. The quantitative estimate of drug-likeness (QED) is 0.584. The Morgan fingerprint density at radius 1 is 0.950 bits per heavy atom. The van der Waals surface area contributed by atoms with Gasteiger partial charge in [0, 0.05) is 11.1 Å².